The Bertz CT molecular complexity index is 1120. The first-order chi connectivity index (χ1) is 15.9. The Morgan fingerprint density at radius 1 is 1.15 bits per heavy atom. The average molecular weight is 468 g/mol. The van der Waals surface area contributed by atoms with Gasteiger partial charge in [-0.1, -0.05) is 24.2 Å². The molecule has 0 aromatic heterocycles. The molecule has 2 aliphatic rings. The zero-order chi connectivity index (χ0) is 23.5. The van der Waals surface area contributed by atoms with Crippen molar-refractivity contribution in [3.63, 3.8) is 0 Å². The molecule has 0 spiro atoms. The van der Waals surface area contributed by atoms with Crippen LogP contribution in [0.25, 0.3) is 0 Å². The molecule has 1 aliphatic carbocycles. The second kappa shape index (κ2) is 9.71. The highest BCUT2D eigenvalue weighted by Crippen LogP contribution is 2.45. The first-order valence-corrected chi connectivity index (χ1v) is 11.2. The Morgan fingerprint density at radius 2 is 1.91 bits per heavy atom. The quantitative estimate of drug-likeness (QED) is 0.607. The lowest BCUT2D eigenvalue weighted by atomic mass is 9.71. The SMILES string of the molecule is C=C1NC2=C(C(=O)CCC2)C(c2ccc(OC)c(COc3ccc(Cl)cc3)c2)C1C(=O)OC. The third kappa shape index (κ3) is 4.62. The summed E-state index contributed by atoms with van der Waals surface area (Å²) in [4.78, 5) is 25.8. The van der Waals surface area contributed by atoms with Crippen LogP contribution in [-0.2, 0) is 20.9 Å². The van der Waals surface area contributed by atoms with Gasteiger partial charge in [0.25, 0.3) is 0 Å². The van der Waals surface area contributed by atoms with Gasteiger partial charge in [-0.05, 0) is 54.8 Å². The van der Waals surface area contributed by atoms with Crippen molar-refractivity contribution in [2.45, 2.75) is 31.8 Å². The topological polar surface area (TPSA) is 73.9 Å². The molecule has 0 bridgehead atoms. The number of Topliss-reactive ketones (excluding diaryl/α,β-unsaturated/α-hetero) is 1. The number of esters is 1. The van der Waals surface area contributed by atoms with E-state index in [2.05, 4.69) is 11.9 Å². The molecule has 0 radical (unpaired) electrons. The molecule has 2 aromatic rings. The molecule has 7 heteroatoms. The average Bonchev–Trinajstić information content (AvgIpc) is 2.82. The van der Waals surface area contributed by atoms with Gasteiger partial charge in [-0.25, -0.2) is 0 Å². The van der Waals surface area contributed by atoms with E-state index >= 15 is 0 Å². The first-order valence-electron chi connectivity index (χ1n) is 10.8. The van der Waals surface area contributed by atoms with Crippen LogP contribution in [0, 0.1) is 5.92 Å². The van der Waals surface area contributed by atoms with Gasteiger partial charge < -0.3 is 19.5 Å². The number of halogens is 1. The van der Waals surface area contributed by atoms with E-state index < -0.39 is 17.8 Å². The summed E-state index contributed by atoms with van der Waals surface area (Å²) in [6.45, 7) is 4.32. The van der Waals surface area contributed by atoms with Crippen LogP contribution in [0.4, 0.5) is 0 Å². The fraction of sp³-hybridized carbons (Fsp3) is 0.308. The molecule has 0 saturated heterocycles. The van der Waals surface area contributed by atoms with E-state index in [0.717, 1.165) is 29.7 Å². The number of hydrogen-bond acceptors (Lipinski definition) is 6. The van der Waals surface area contributed by atoms with Crippen molar-refractivity contribution in [2.24, 2.45) is 5.92 Å². The summed E-state index contributed by atoms with van der Waals surface area (Å²) in [7, 11) is 2.94. The van der Waals surface area contributed by atoms with Crippen LogP contribution in [0.1, 0.15) is 36.3 Å². The highest BCUT2D eigenvalue weighted by atomic mass is 35.5. The molecule has 1 N–H and O–H groups in total. The molecule has 0 amide bonds. The van der Waals surface area contributed by atoms with Gasteiger partial charge >= 0.3 is 5.97 Å². The van der Waals surface area contributed by atoms with Crippen molar-refractivity contribution in [1.29, 1.82) is 0 Å². The Kier molecular flexibility index (Phi) is 6.75. The summed E-state index contributed by atoms with van der Waals surface area (Å²) >= 11 is 5.96. The Labute approximate surface area is 198 Å². The number of allylic oxidation sites excluding steroid dienone is 2. The summed E-state index contributed by atoms with van der Waals surface area (Å²) in [6.07, 6.45) is 1.98. The summed E-state index contributed by atoms with van der Waals surface area (Å²) in [5.41, 5.74) is 3.62. The van der Waals surface area contributed by atoms with Crippen molar-refractivity contribution < 1.29 is 23.8 Å². The molecule has 0 fully saturated rings. The smallest absolute Gasteiger partial charge is 0.315 e. The number of benzene rings is 2. The summed E-state index contributed by atoms with van der Waals surface area (Å²) in [5.74, 6) is -0.271. The minimum absolute atomic E-state index is 0.0462. The van der Waals surface area contributed by atoms with Gasteiger partial charge in [-0.3, -0.25) is 9.59 Å². The van der Waals surface area contributed by atoms with Crippen molar-refractivity contribution in [1.82, 2.24) is 5.32 Å². The number of carbonyl (C=O) groups excluding carboxylic acids is 2. The second-order valence-electron chi connectivity index (χ2n) is 8.11. The van der Waals surface area contributed by atoms with Crippen LogP contribution in [0.5, 0.6) is 11.5 Å². The molecule has 2 unspecified atom stereocenters. The van der Waals surface area contributed by atoms with Gasteiger partial charge in [0, 0.05) is 39.9 Å². The number of carbonyl (C=O) groups is 2. The van der Waals surface area contributed by atoms with E-state index in [9.17, 15) is 9.59 Å². The van der Waals surface area contributed by atoms with Crippen LogP contribution < -0.4 is 14.8 Å². The molecule has 172 valence electrons. The fourth-order valence-corrected chi connectivity index (χ4v) is 4.68. The molecule has 2 atom stereocenters. The molecular formula is C26H26ClNO5. The second-order valence-corrected chi connectivity index (χ2v) is 8.55. The number of nitrogens with one attached hydrogen (secondary N) is 1. The molecule has 4 rings (SSSR count). The highest BCUT2D eigenvalue weighted by molar-refractivity contribution is 6.30. The van der Waals surface area contributed by atoms with Gasteiger partial charge in [0.05, 0.1) is 14.2 Å². The Balaban J connectivity index is 1.74. The Morgan fingerprint density at radius 3 is 2.61 bits per heavy atom. The fourth-order valence-electron chi connectivity index (χ4n) is 4.55. The van der Waals surface area contributed by atoms with E-state index in [1.807, 2.05) is 18.2 Å². The predicted octanol–water partition coefficient (Wildman–Crippen LogP) is 4.92. The zero-order valence-electron chi connectivity index (χ0n) is 18.7. The minimum atomic E-state index is -0.714. The van der Waals surface area contributed by atoms with Crippen LogP contribution in [0.3, 0.4) is 0 Å². The van der Waals surface area contributed by atoms with Crippen molar-refractivity contribution in [3.8, 4) is 11.5 Å². The van der Waals surface area contributed by atoms with Gasteiger partial charge in [0.1, 0.15) is 24.0 Å². The Hall–Kier alpha value is -3.25. The number of ketones is 1. The van der Waals surface area contributed by atoms with E-state index in [1.54, 1.807) is 31.4 Å². The molecule has 0 saturated carbocycles. The van der Waals surface area contributed by atoms with E-state index in [-0.39, 0.29) is 12.4 Å². The summed E-state index contributed by atoms with van der Waals surface area (Å²) in [6, 6.07) is 12.8. The minimum Gasteiger partial charge on any atom is -0.496 e. The van der Waals surface area contributed by atoms with Crippen molar-refractivity contribution in [2.75, 3.05) is 14.2 Å². The van der Waals surface area contributed by atoms with Crippen molar-refractivity contribution in [3.05, 3.63) is 82.2 Å². The van der Waals surface area contributed by atoms with E-state index in [0.29, 0.717) is 34.2 Å². The largest absolute Gasteiger partial charge is 0.496 e. The number of ether oxygens (including phenoxy) is 3. The third-order valence-corrected chi connectivity index (χ3v) is 6.37. The van der Waals surface area contributed by atoms with Gasteiger partial charge in [-0.2, -0.15) is 0 Å². The van der Waals surface area contributed by atoms with Crippen LogP contribution in [-0.4, -0.2) is 26.0 Å². The number of methoxy groups -OCH3 is 2. The van der Waals surface area contributed by atoms with Crippen LogP contribution >= 0.6 is 11.6 Å². The normalized spacial score (nSPS) is 20.1. The van der Waals surface area contributed by atoms with E-state index in [1.165, 1.54) is 7.11 Å². The summed E-state index contributed by atoms with van der Waals surface area (Å²) < 4.78 is 16.6. The van der Waals surface area contributed by atoms with Crippen molar-refractivity contribution >= 4 is 23.4 Å². The lowest BCUT2D eigenvalue weighted by Gasteiger charge is -2.38. The lowest BCUT2D eigenvalue weighted by Crippen LogP contribution is -2.41. The predicted molar refractivity (Wildman–Crippen MR) is 125 cm³/mol. The van der Waals surface area contributed by atoms with Crippen LogP contribution in [0.2, 0.25) is 5.02 Å². The highest BCUT2D eigenvalue weighted by Gasteiger charge is 2.43. The number of rotatable bonds is 6. The first kappa shape index (κ1) is 22.9. The molecule has 2 aromatic carbocycles. The monoisotopic (exact) mass is 467 g/mol. The third-order valence-electron chi connectivity index (χ3n) is 6.11. The maximum atomic E-state index is 13.0. The zero-order valence-corrected chi connectivity index (χ0v) is 19.4. The van der Waals surface area contributed by atoms with Crippen LogP contribution in [0.15, 0.2) is 66.0 Å². The number of hydrogen-bond donors (Lipinski definition) is 1. The standard InChI is InChI=1S/C26H26ClNO5/c1-15-23(26(30)32-3)24(25-20(28-15)5-4-6-21(25)29)16-7-12-22(31-2)17(13-16)14-33-19-10-8-18(27)9-11-19/h7-13,23-24,28H,1,4-6,14H2,2-3H3. The molecule has 1 heterocycles. The molecular weight excluding hydrogens is 442 g/mol. The maximum Gasteiger partial charge on any atom is 0.315 e. The van der Waals surface area contributed by atoms with Gasteiger partial charge in [-0.15, -0.1) is 0 Å². The van der Waals surface area contributed by atoms with Gasteiger partial charge in [0.2, 0.25) is 0 Å². The van der Waals surface area contributed by atoms with Gasteiger partial charge in [0.15, 0.2) is 5.78 Å². The summed E-state index contributed by atoms with van der Waals surface area (Å²) in [5, 5.41) is 3.83. The molecule has 33 heavy (non-hydrogen) atoms. The van der Waals surface area contributed by atoms with E-state index in [4.69, 9.17) is 25.8 Å². The lowest BCUT2D eigenvalue weighted by molar-refractivity contribution is -0.144. The maximum absolute atomic E-state index is 13.0. The molecule has 6 nitrogen and oxygen atoms in total. The molecule has 1 aliphatic heterocycles.